The van der Waals surface area contributed by atoms with Gasteiger partial charge < -0.3 is 19.7 Å². The number of aliphatic hydroxyl groups excluding tert-OH is 1. The second-order valence-electron chi connectivity index (χ2n) is 8.15. The van der Waals surface area contributed by atoms with Crippen molar-refractivity contribution < 1.29 is 14.2 Å². The number of hydrogen-bond acceptors (Lipinski definition) is 5. The number of benzene rings is 2. The molecule has 0 spiro atoms. The molecule has 0 aliphatic carbocycles. The minimum absolute atomic E-state index is 0.159. The van der Waals surface area contributed by atoms with Crippen LogP contribution in [-0.2, 0) is 4.74 Å². The van der Waals surface area contributed by atoms with Gasteiger partial charge in [-0.3, -0.25) is 0 Å². The number of piperidine rings is 1. The first kappa shape index (κ1) is 22.3. The Kier molecular flexibility index (Phi) is 7.61. The Balaban J connectivity index is 1.60. The molecule has 1 unspecified atom stereocenters. The molecule has 166 valence electrons. The van der Waals surface area contributed by atoms with Gasteiger partial charge in [0, 0.05) is 24.6 Å². The highest BCUT2D eigenvalue weighted by atomic mass is 32.2. The summed E-state index contributed by atoms with van der Waals surface area (Å²) in [6.45, 7) is 2.27. The molecule has 1 aromatic heterocycles. The molecule has 1 atom stereocenters. The fraction of sp³-hybridized carbons (Fsp3) is 0.458. The molecule has 0 saturated carbocycles. The van der Waals surface area contributed by atoms with E-state index in [1.165, 1.54) is 17.0 Å². The zero-order valence-corrected chi connectivity index (χ0v) is 18.7. The number of halogens is 1. The van der Waals surface area contributed by atoms with Gasteiger partial charge in [0.25, 0.3) is 0 Å². The van der Waals surface area contributed by atoms with Gasteiger partial charge >= 0.3 is 0 Å². The summed E-state index contributed by atoms with van der Waals surface area (Å²) in [6, 6.07) is 13.0. The topological polar surface area (TPSA) is 61.4 Å². The van der Waals surface area contributed by atoms with Crippen LogP contribution in [0.25, 0.3) is 11.0 Å². The van der Waals surface area contributed by atoms with E-state index in [0.29, 0.717) is 11.3 Å². The maximum absolute atomic E-state index is 13.7. The third-order valence-electron chi connectivity index (χ3n) is 5.69. The summed E-state index contributed by atoms with van der Waals surface area (Å²) in [7, 11) is 2.14. The molecule has 2 heterocycles. The Hall–Kier alpha value is -1.93. The van der Waals surface area contributed by atoms with E-state index in [2.05, 4.69) is 41.2 Å². The monoisotopic (exact) mass is 443 g/mol. The summed E-state index contributed by atoms with van der Waals surface area (Å²) < 4.78 is 20.3. The number of thioether (sulfide) groups is 1. The fourth-order valence-corrected chi connectivity index (χ4v) is 4.89. The number of H-pyrrole nitrogens is 1. The number of likely N-dealkylation sites (tertiary alicyclic amines) is 1. The normalized spacial score (nSPS) is 16.7. The Morgan fingerprint density at radius 3 is 2.87 bits per heavy atom. The number of hydrogen-bond donors (Lipinski definition) is 2. The fourth-order valence-electron chi connectivity index (χ4n) is 3.91. The molecule has 0 radical (unpaired) electrons. The van der Waals surface area contributed by atoms with Crippen LogP contribution in [0.1, 0.15) is 43.2 Å². The summed E-state index contributed by atoms with van der Waals surface area (Å²) in [5.41, 5.74) is 2.47. The summed E-state index contributed by atoms with van der Waals surface area (Å²) in [4.78, 5) is 11.5. The van der Waals surface area contributed by atoms with Crippen LogP contribution in [0.3, 0.4) is 0 Å². The van der Waals surface area contributed by atoms with Crippen LogP contribution >= 0.6 is 11.8 Å². The first-order valence-corrected chi connectivity index (χ1v) is 11.9. The molecular formula is C24H30FN3O2S. The lowest BCUT2D eigenvalue weighted by Crippen LogP contribution is -2.35. The van der Waals surface area contributed by atoms with Crippen LogP contribution in [0.5, 0.6) is 0 Å². The van der Waals surface area contributed by atoms with Gasteiger partial charge in [0.05, 0.1) is 17.1 Å². The van der Waals surface area contributed by atoms with Crippen molar-refractivity contribution in [3.05, 3.63) is 59.7 Å². The molecule has 1 fully saturated rings. The average molecular weight is 444 g/mol. The van der Waals surface area contributed by atoms with E-state index < -0.39 is 0 Å². The number of aromatic nitrogens is 2. The van der Waals surface area contributed by atoms with Gasteiger partial charge in [0.15, 0.2) is 0 Å². The molecule has 31 heavy (non-hydrogen) atoms. The highest BCUT2D eigenvalue weighted by molar-refractivity contribution is 7.99. The van der Waals surface area contributed by atoms with Crippen LogP contribution < -0.4 is 0 Å². The zero-order valence-electron chi connectivity index (χ0n) is 17.9. The smallest absolute Gasteiger partial charge is 0.141 e. The van der Waals surface area contributed by atoms with Crippen molar-refractivity contribution in [2.75, 3.05) is 32.5 Å². The lowest BCUT2D eigenvalue weighted by atomic mass is 10.1. The van der Waals surface area contributed by atoms with Crippen molar-refractivity contribution in [3.8, 4) is 0 Å². The van der Waals surface area contributed by atoms with E-state index >= 15 is 0 Å². The van der Waals surface area contributed by atoms with Gasteiger partial charge in [0.2, 0.25) is 0 Å². The molecule has 7 heteroatoms. The predicted octanol–water partition coefficient (Wildman–Crippen LogP) is 4.77. The number of unbranched alkanes of at least 4 members (excludes halogenated alkanes) is 1. The van der Waals surface area contributed by atoms with Crippen molar-refractivity contribution in [2.45, 2.75) is 42.8 Å². The Morgan fingerprint density at radius 1 is 1.23 bits per heavy atom. The lowest BCUT2D eigenvalue weighted by molar-refractivity contribution is -0.0264. The number of imidazole rings is 1. The van der Waals surface area contributed by atoms with Crippen molar-refractivity contribution >= 4 is 22.8 Å². The third kappa shape index (κ3) is 5.86. The number of ether oxygens (including phenoxy) is 1. The Bertz CT molecular complexity index is 988. The summed E-state index contributed by atoms with van der Waals surface area (Å²) in [5.74, 6) is 1.40. The lowest BCUT2D eigenvalue weighted by Gasteiger charge is -2.31. The highest BCUT2D eigenvalue weighted by Crippen LogP contribution is 2.32. The first-order chi connectivity index (χ1) is 15.1. The van der Waals surface area contributed by atoms with E-state index in [1.807, 2.05) is 0 Å². The number of nitrogens with zero attached hydrogens (tertiary/aromatic N) is 2. The number of aromatic amines is 1. The quantitative estimate of drug-likeness (QED) is 0.369. The molecule has 2 aromatic carbocycles. The number of aliphatic hydroxyl groups is 1. The van der Waals surface area contributed by atoms with Crippen molar-refractivity contribution in [3.63, 3.8) is 0 Å². The van der Waals surface area contributed by atoms with Gasteiger partial charge in [-0.25, -0.2) is 9.37 Å². The molecule has 3 aromatic rings. The van der Waals surface area contributed by atoms with E-state index in [9.17, 15) is 4.39 Å². The van der Waals surface area contributed by atoms with Crippen LogP contribution in [0.4, 0.5) is 4.39 Å². The molecular weight excluding hydrogens is 413 g/mol. The standard InChI is InChI=1S/C24H30FN3O2S/c1-28-11-9-19(10-12-28)30-23(24-26-21-8-7-18(25)16-22(21)27-24)17-5-4-6-20(15-17)31-14-3-2-13-29/h4-8,15-16,19,23,29H,2-3,9-14H2,1H3,(H,26,27). The van der Waals surface area contributed by atoms with E-state index in [4.69, 9.17) is 14.8 Å². The maximum Gasteiger partial charge on any atom is 0.141 e. The number of nitrogens with one attached hydrogen (secondary N) is 1. The van der Waals surface area contributed by atoms with Gasteiger partial charge in [-0.05, 0) is 74.4 Å². The van der Waals surface area contributed by atoms with E-state index in [0.717, 1.165) is 55.6 Å². The summed E-state index contributed by atoms with van der Waals surface area (Å²) >= 11 is 1.79. The SMILES string of the molecule is CN1CCC(OC(c2cccc(SCCCCO)c2)c2nc3ccc(F)cc3[nH]2)CC1. The van der Waals surface area contributed by atoms with Crippen LogP contribution in [0, 0.1) is 5.82 Å². The van der Waals surface area contributed by atoms with Crippen molar-refractivity contribution in [1.82, 2.24) is 14.9 Å². The van der Waals surface area contributed by atoms with Crippen LogP contribution in [-0.4, -0.2) is 58.6 Å². The third-order valence-corrected chi connectivity index (χ3v) is 6.77. The second-order valence-corrected chi connectivity index (χ2v) is 9.32. The second kappa shape index (κ2) is 10.6. The molecule has 2 N–H and O–H groups in total. The highest BCUT2D eigenvalue weighted by Gasteiger charge is 2.26. The minimum atomic E-state index is -0.332. The molecule has 0 amide bonds. The van der Waals surface area contributed by atoms with Crippen LogP contribution in [0.2, 0.25) is 0 Å². The molecule has 0 bridgehead atoms. The number of rotatable bonds is 9. The first-order valence-electron chi connectivity index (χ1n) is 10.9. The Labute approximate surface area is 187 Å². The van der Waals surface area contributed by atoms with Gasteiger partial charge in [-0.15, -0.1) is 11.8 Å². The van der Waals surface area contributed by atoms with Crippen molar-refractivity contribution in [1.29, 1.82) is 0 Å². The van der Waals surface area contributed by atoms with Gasteiger partial charge in [0.1, 0.15) is 17.7 Å². The Morgan fingerprint density at radius 2 is 2.06 bits per heavy atom. The maximum atomic E-state index is 13.7. The number of fused-ring (bicyclic) bond motifs is 1. The van der Waals surface area contributed by atoms with E-state index in [-0.39, 0.29) is 24.6 Å². The van der Waals surface area contributed by atoms with E-state index in [1.54, 1.807) is 17.8 Å². The zero-order chi connectivity index (χ0) is 21.6. The molecule has 4 rings (SSSR count). The van der Waals surface area contributed by atoms with Crippen molar-refractivity contribution in [2.24, 2.45) is 0 Å². The van der Waals surface area contributed by atoms with Gasteiger partial charge in [-0.2, -0.15) is 0 Å². The average Bonchev–Trinajstić information content (AvgIpc) is 3.19. The largest absolute Gasteiger partial charge is 0.396 e. The van der Waals surface area contributed by atoms with Gasteiger partial charge in [-0.1, -0.05) is 12.1 Å². The molecule has 1 aliphatic rings. The summed E-state index contributed by atoms with van der Waals surface area (Å²) in [5, 5.41) is 8.99. The minimum Gasteiger partial charge on any atom is -0.396 e. The predicted molar refractivity (Wildman–Crippen MR) is 123 cm³/mol. The van der Waals surface area contributed by atoms with Crippen LogP contribution in [0.15, 0.2) is 47.4 Å². The molecule has 5 nitrogen and oxygen atoms in total. The molecule has 1 aliphatic heterocycles. The summed E-state index contributed by atoms with van der Waals surface area (Å²) in [6.07, 6.45) is 3.60. The molecule has 1 saturated heterocycles.